The normalized spacial score (nSPS) is 14.3. The summed E-state index contributed by atoms with van der Waals surface area (Å²) in [5, 5.41) is 19.6. The Kier molecular flexibility index (Phi) is 5.23. The molecule has 0 aliphatic heterocycles. The van der Waals surface area contributed by atoms with Crippen LogP contribution in [-0.2, 0) is 13.1 Å². The fourth-order valence-electron chi connectivity index (χ4n) is 2.00. The van der Waals surface area contributed by atoms with E-state index in [1.54, 1.807) is 6.20 Å². The summed E-state index contributed by atoms with van der Waals surface area (Å²) in [7, 11) is 0. The van der Waals surface area contributed by atoms with Gasteiger partial charge in [0.1, 0.15) is 0 Å². The highest BCUT2D eigenvalue weighted by molar-refractivity contribution is 4.86. The molecule has 0 saturated heterocycles. The van der Waals surface area contributed by atoms with Gasteiger partial charge in [0.15, 0.2) is 5.82 Å². The van der Waals surface area contributed by atoms with Gasteiger partial charge in [-0.05, 0) is 36.8 Å². The van der Waals surface area contributed by atoms with Crippen molar-refractivity contribution in [2.24, 2.45) is 0 Å². The van der Waals surface area contributed by atoms with Crippen molar-refractivity contribution in [3.63, 3.8) is 0 Å². The molecular formula is C13H23N7. The van der Waals surface area contributed by atoms with Crippen LogP contribution >= 0.6 is 0 Å². The summed E-state index contributed by atoms with van der Waals surface area (Å²) >= 11 is 0. The van der Waals surface area contributed by atoms with Gasteiger partial charge in [-0.15, -0.1) is 5.10 Å². The molecule has 2 rings (SSSR count). The summed E-state index contributed by atoms with van der Waals surface area (Å²) in [6, 6.07) is 2.50. The number of nitrogens with zero attached hydrogens (tertiary/aromatic N) is 6. The Hall–Kier alpha value is -1.76. The maximum Gasteiger partial charge on any atom is 0.165 e. The van der Waals surface area contributed by atoms with Crippen LogP contribution in [0.1, 0.15) is 45.5 Å². The highest BCUT2D eigenvalue weighted by atomic mass is 15.5. The summed E-state index contributed by atoms with van der Waals surface area (Å²) < 4.78 is 3.83. The summed E-state index contributed by atoms with van der Waals surface area (Å²) in [5.74, 6) is 0.887. The van der Waals surface area contributed by atoms with Gasteiger partial charge in [0, 0.05) is 25.0 Å². The van der Waals surface area contributed by atoms with E-state index in [0.717, 1.165) is 25.2 Å². The SMILES string of the molecule is CCCCn1nnnc1CN[C@@H](C)[C@@H](C)n1cccn1. The van der Waals surface area contributed by atoms with Gasteiger partial charge < -0.3 is 5.32 Å². The van der Waals surface area contributed by atoms with Crippen LogP contribution in [0.2, 0.25) is 0 Å². The van der Waals surface area contributed by atoms with Crippen molar-refractivity contribution in [3.05, 3.63) is 24.3 Å². The molecule has 0 bridgehead atoms. The van der Waals surface area contributed by atoms with Crippen molar-refractivity contribution in [3.8, 4) is 0 Å². The lowest BCUT2D eigenvalue weighted by Gasteiger charge is -2.21. The van der Waals surface area contributed by atoms with E-state index in [-0.39, 0.29) is 12.1 Å². The highest BCUT2D eigenvalue weighted by Gasteiger charge is 2.15. The fraction of sp³-hybridized carbons (Fsp3) is 0.692. The molecular weight excluding hydrogens is 254 g/mol. The zero-order valence-corrected chi connectivity index (χ0v) is 12.4. The van der Waals surface area contributed by atoms with E-state index in [1.165, 1.54) is 0 Å². The third kappa shape index (κ3) is 3.63. The first-order valence-corrected chi connectivity index (χ1v) is 7.20. The summed E-state index contributed by atoms with van der Waals surface area (Å²) in [4.78, 5) is 0. The van der Waals surface area contributed by atoms with Gasteiger partial charge in [0.25, 0.3) is 0 Å². The number of hydrogen-bond donors (Lipinski definition) is 1. The van der Waals surface area contributed by atoms with E-state index in [4.69, 9.17) is 0 Å². The standard InChI is InChI=1S/C13H23N7/c1-4-5-8-20-13(16-17-18-20)10-14-11(2)12(3)19-9-6-7-15-19/h6-7,9,11-12,14H,4-5,8,10H2,1-3H3/t11-,12+/m0/s1. The Labute approximate surface area is 119 Å². The highest BCUT2D eigenvalue weighted by Crippen LogP contribution is 2.09. The van der Waals surface area contributed by atoms with Crippen LogP contribution in [0.5, 0.6) is 0 Å². The lowest BCUT2D eigenvalue weighted by atomic mass is 10.2. The zero-order chi connectivity index (χ0) is 14.4. The molecule has 0 radical (unpaired) electrons. The van der Waals surface area contributed by atoms with Crippen molar-refractivity contribution in [1.82, 2.24) is 35.3 Å². The van der Waals surface area contributed by atoms with Crippen LogP contribution in [-0.4, -0.2) is 36.0 Å². The molecule has 0 unspecified atom stereocenters. The monoisotopic (exact) mass is 277 g/mol. The number of tetrazole rings is 1. The number of hydrogen-bond acceptors (Lipinski definition) is 5. The van der Waals surface area contributed by atoms with Crippen LogP contribution in [0.4, 0.5) is 0 Å². The number of nitrogens with one attached hydrogen (secondary N) is 1. The molecule has 2 heterocycles. The maximum atomic E-state index is 4.27. The third-order valence-electron chi connectivity index (χ3n) is 3.58. The van der Waals surface area contributed by atoms with Gasteiger partial charge in [-0.3, -0.25) is 4.68 Å². The summed E-state index contributed by atoms with van der Waals surface area (Å²) in [5.41, 5.74) is 0. The smallest absolute Gasteiger partial charge is 0.165 e. The van der Waals surface area contributed by atoms with E-state index in [0.29, 0.717) is 6.54 Å². The van der Waals surface area contributed by atoms with Gasteiger partial charge in [-0.25, -0.2) is 4.68 Å². The number of aromatic nitrogens is 6. The fourth-order valence-corrected chi connectivity index (χ4v) is 2.00. The molecule has 0 saturated carbocycles. The van der Waals surface area contributed by atoms with Crippen molar-refractivity contribution in [1.29, 1.82) is 0 Å². The van der Waals surface area contributed by atoms with Gasteiger partial charge in [0.2, 0.25) is 0 Å². The van der Waals surface area contributed by atoms with E-state index < -0.39 is 0 Å². The van der Waals surface area contributed by atoms with Gasteiger partial charge in [-0.1, -0.05) is 13.3 Å². The van der Waals surface area contributed by atoms with Crippen LogP contribution in [0.3, 0.4) is 0 Å². The van der Waals surface area contributed by atoms with E-state index in [2.05, 4.69) is 46.7 Å². The molecule has 7 heteroatoms. The molecule has 0 aliphatic rings. The molecule has 0 aromatic carbocycles. The second-order valence-corrected chi connectivity index (χ2v) is 5.07. The minimum Gasteiger partial charge on any atom is -0.305 e. The second kappa shape index (κ2) is 7.14. The molecule has 0 fully saturated rings. The summed E-state index contributed by atoms with van der Waals surface area (Å²) in [6.07, 6.45) is 6.01. The molecule has 7 nitrogen and oxygen atoms in total. The largest absolute Gasteiger partial charge is 0.305 e. The van der Waals surface area contributed by atoms with E-state index >= 15 is 0 Å². The van der Waals surface area contributed by atoms with Gasteiger partial charge >= 0.3 is 0 Å². The number of aryl methyl sites for hydroxylation is 1. The van der Waals surface area contributed by atoms with E-state index in [1.807, 2.05) is 21.6 Å². The molecule has 2 aromatic heterocycles. The Morgan fingerprint density at radius 2 is 2.20 bits per heavy atom. The molecule has 2 aromatic rings. The summed E-state index contributed by atoms with van der Waals surface area (Å²) in [6.45, 7) is 8.00. The van der Waals surface area contributed by atoms with Crippen LogP contribution in [0.25, 0.3) is 0 Å². The molecule has 0 spiro atoms. The predicted molar refractivity (Wildman–Crippen MR) is 76.0 cm³/mol. The molecule has 0 amide bonds. The first-order chi connectivity index (χ1) is 9.72. The van der Waals surface area contributed by atoms with Crippen molar-refractivity contribution in [2.75, 3.05) is 0 Å². The zero-order valence-electron chi connectivity index (χ0n) is 12.4. The first-order valence-electron chi connectivity index (χ1n) is 7.20. The molecule has 110 valence electrons. The second-order valence-electron chi connectivity index (χ2n) is 5.07. The Morgan fingerprint density at radius 3 is 2.90 bits per heavy atom. The average Bonchev–Trinajstić information content (AvgIpc) is 3.12. The molecule has 2 atom stereocenters. The average molecular weight is 277 g/mol. The van der Waals surface area contributed by atoms with E-state index in [9.17, 15) is 0 Å². The van der Waals surface area contributed by atoms with Crippen molar-refractivity contribution < 1.29 is 0 Å². The van der Waals surface area contributed by atoms with Crippen molar-refractivity contribution >= 4 is 0 Å². The first kappa shape index (κ1) is 14.6. The van der Waals surface area contributed by atoms with Gasteiger partial charge in [0.05, 0.1) is 12.6 Å². The molecule has 1 N–H and O–H groups in total. The lowest BCUT2D eigenvalue weighted by Crippen LogP contribution is -2.34. The Balaban J connectivity index is 1.87. The van der Waals surface area contributed by atoms with Crippen LogP contribution in [0.15, 0.2) is 18.5 Å². The lowest BCUT2D eigenvalue weighted by molar-refractivity contribution is 0.358. The Morgan fingerprint density at radius 1 is 1.35 bits per heavy atom. The van der Waals surface area contributed by atoms with Gasteiger partial charge in [-0.2, -0.15) is 5.10 Å². The van der Waals surface area contributed by atoms with Crippen LogP contribution in [0, 0.1) is 0 Å². The minimum absolute atomic E-state index is 0.282. The van der Waals surface area contributed by atoms with Crippen molar-refractivity contribution in [2.45, 2.75) is 58.8 Å². The number of unbranched alkanes of at least 4 members (excludes halogenated alkanes) is 1. The Bertz CT molecular complexity index is 491. The third-order valence-corrected chi connectivity index (χ3v) is 3.58. The predicted octanol–water partition coefficient (Wildman–Crippen LogP) is 1.41. The number of rotatable bonds is 8. The molecule has 20 heavy (non-hydrogen) atoms. The quantitative estimate of drug-likeness (QED) is 0.789. The minimum atomic E-state index is 0.282. The molecule has 0 aliphatic carbocycles. The topological polar surface area (TPSA) is 73.5 Å². The van der Waals surface area contributed by atoms with Crippen LogP contribution < -0.4 is 5.32 Å². The maximum absolute atomic E-state index is 4.27.